The molecule has 0 aliphatic carbocycles. The van der Waals surface area contributed by atoms with Gasteiger partial charge in [0.15, 0.2) is 0 Å². The molecule has 0 aliphatic rings. The minimum absolute atomic E-state index is 0.0684. The van der Waals surface area contributed by atoms with Gasteiger partial charge in [0.25, 0.3) is 0 Å². The van der Waals surface area contributed by atoms with Crippen LogP contribution in [0.4, 0.5) is 4.39 Å². The molecule has 0 bridgehead atoms. The van der Waals surface area contributed by atoms with Crippen LogP contribution in [0.3, 0.4) is 0 Å². The summed E-state index contributed by atoms with van der Waals surface area (Å²) in [6.45, 7) is 2.36. The molecule has 96 valence electrons. The van der Waals surface area contributed by atoms with Gasteiger partial charge in [0.1, 0.15) is 11.9 Å². The average molecular weight is 255 g/mol. The van der Waals surface area contributed by atoms with Crippen LogP contribution in [0.5, 0.6) is 0 Å². The fraction of sp³-hybridized carbons (Fsp3) is 0.200. The Morgan fingerprint density at radius 3 is 2.89 bits per heavy atom. The number of hydrogen-bond acceptors (Lipinski definition) is 3. The molecule has 1 N–H and O–H groups in total. The number of hydrogen-bond donors (Lipinski definition) is 1. The number of pyridine rings is 1. The number of nitrogens with one attached hydrogen (secondary N) is 1. The topological polar surface area (TPSA) is 48.7 Å². The molecule has 1 heterocycles. The first kappa shape index (κ1) is 13.2. The minimum Gasteiger partial charge on any atom is -0.306 e. The summed E-state index contributed by atoms with van der Waals surface area (Å²) in [7, 11) is 0. The molecule has 0 saturated carbocycles. The second kappa shape index (κ2) is 6.07. The molecule has 0 fully saturated rings. The second-order valence-corrected chi connectivity index (χ2v) is 4.28. The standard InChI is InChI=1S/C15H14FN3/c1-11(13-6-3-7-18-9-13)19-10-14-5-2-4-12(8-17)15(14)16/h2-7,9,11,19H,10H2,1H3/t11-/m1/s1. The van der Waals surface area contributed by atoms with E-state index in [9.17, 15) is 4.39 Å². The van der Waals surface area contributed by atoms with Crippen LogP contribution in [0, 0.1) is 17.1 Å². The summed E-state index contributed by atoms with van der Waals surface area (Å²) in [5, 5.41) is 12.0. The predicted octanol–water partition coefficient (Wildman–Crippen LogP) is 2.94. The zero-order chi connectivity index (χ0) is 13.7. The Morgan fingerprint density at radius 2 is 2.21 bits per heavy atom. The highest BCUT2D eigenvalue weighted by Crippen LogP contribution is 2.15. The Labute approximate surface area is 111 Å². The van der Waals surface area contributed by atoms with E-state index >= 15 is 0 Å². The third-order valence-electron chi connectivity index (χ3n) is 2.98. The monoisotopic (exact) mass is 255 g/mol. The van der Waals surface area contributed by atoms with Crippen molar-refractivity contribution in [3.63, 3.8) is 0 Å². The first-order valence-corrected chi connectivity index (χ1v) is 6.03. The second-order valence-electron chi connectivity index (χ2n) is 4.28. The molecule has 4 heteroatoms. The van der Waals surface area contributed by atoms with E-state index in [2.05, 4.69) is 10.3 Å². The Morgan fingerprint density at radius 1 is 1.37 bits per heavy atom. The fourth-order valence-electron chi connectivity index (χ4n) is 1.82. The first-order chi connectivity index (χ1) is 9.22. The summed E-state index contributed by atoms with van der Waals surface area (Å²) in [6.07, 6.45) is 3.49. The normalized spacial score (nSPS) is 11.8. The largest absolute Gasteiger partial charge is 0.306 e. The van der Waals surface area contributed by atoms with Crippen LogP contribution in [0.15, 0.2) is 42.7 Å². The molecule has 19 heavy (non-hydrogen) atoms. The van der Waals surface area contributed by atoms with E-state index in [-0.39, 0.29) is 11.6 Å². The van der Waals surface area contributed by atoms with Crippen molar-refractivity contribution in [3.8, 4) is 6.07 Å². The van der Waals surface area contributed by atoms with Gasteiger partial charge in [0.2, 0.25) is 0 Å². The zero-order valence-corrected chi connectivity index (χ0v) is 10.6. The van der Waals surface area contributed by atoms with Crippen molar-refractivity contribution in [2.45, 2.75) is 19.5 Å². The van der Waals surface area contributed by atoms with Crippen LogP contribution in [-0.4, -0.2) is 4.98 Å². The van der Waals surface area contributed by atoms with Gasteiger partial charge in [-0.05, 0) is 24.6 Å². The lowest BCUT2D eigenvalue weighted by atomic mass is 10.1. The van der Waals surface area contributed by atoms with Crippen molar-refractivity contribution in [2.75, 3.05) is 0 Å². The third-order valence-corrected chi connectivity index (χ3v) is 2.98. The molecule has 0 saturated heterocycles. The molecule has 1 aromatic carbocycles. The molecule has 0 aliphatic heterocycles. The summed E-state index contributed by atoms with van der Waals surface area (Å²) < 4.78 is 13.9. The number of rotatable bonds is 4. The van der Waals surface area contributed by atoms with Crippen LogP contribution in [0.1, 0.15) is 29.7 Å². The molecule has 2 rings (SSSR count). The highest BCUT2D eigenvalue weighted by Gasteiger charge is 2.09. The highest BCUT2D eigenvalue weighted by atomic mass is 19.1. The maximum atomic E-state index is 13.9. The van der Waals surface area contributed by atoms with Gasteiger partial charge in [0.05, 0.1) is 5.56 Å². The molecule has 3 nitrogen and oxygen atoms in total. The quantitative estimate of drug-likeness (QED) is 0.913. The van der Waals surface area contributed by atoms with Crippen LogP contribution in [0.25, 0.3) is 0 Å². The van der Waals surface area contributed by atoms with Crippen molar-refractivity contribution in [3.05, 3.63) is 65.2 Å². The molecule has 0 unspecified atom stereocenters. The van der Waals surface area contributed by atoms with Crippen LogP contribution < -0.4 is 5.32 Å². The smallest absolute Gasteiger partial charge is 0.145 e. The highest BCUT2D eigenvalue weighted by molar-refractivity contribution is 5.35. The minimum atomic E-state index is -0.448. The van der Waals surface area contributed by atoms with Gasteiger partial charge < -0.3 is 5.32 Å². The summed E-state index contributed by atoms with van der Waals surface area (Å²) in [6, 6.07) is 10.6. The molecular weight excluding hydrogens is 241 g/mol. The molecular formula is C15H14FN3. The molecule has 0 amide bonds. The first-order valence-electron chi connectivity index (χ1n) is 6.03. The van der Waals surface area contributed by atoms with Crippen molar-refractivity contribution in [1.29, 1.82) is 5.26 Å². The summed E-state index contributed by atoms with van der Waals surface area (Å²) in [4.78, 5) is 4.05. The molecule has 0 radical (unpaired) electrons. The number of nitrogens with zero attached hydrogens (tertiary/aromatic N) is 2. The number of aromatic nitrogens is 1. The average Bonchev–Trinajstić information content (AvgIpc) is 2.47. The van der Waals surface area contributed by atoms with Gasteiger partial charge in [-0.1, -0.05) is 18.2 Å². The van der Waals surface area contributed by atoms with Crippen LogP contribution in [0.2, 0.25) is 0 Å². The van der Waals surface area contributed by atoms with E-state index in [0.717, 1.165) is 5.56 Å². The Balaban J connectivity index is 2.06. The Bertz CT molecular complexity index is 590. The van der Waals surface area contributed by atoms with Crippen LogP contribution in [-0.2, 0) is 6.54 Å². The summed E-state index contributed by atoms with van der Waals surface area (Å²) in [5.74, 6) is -0.448. The number of benzene rings is 1. The Kier molecular flexibility index (Phi) is 4.22. The van der Waals surface area contributed by atoms with Gasteiger partial charge in [-0.3, -0.25) is 4.98 Å². The van der Waals surface area contributed by atoms with Gasteiger partial charge in [-0.25, -0.2) is 4.39 Å². The van der Waals surface area contributed by atoms with E-state index < -0.39 is 5.82 Å². The fourth-order valence-corrected chi connectivity index (χ4v) is 1.82. The summed E-state index contributed by atoms with van der Waals surface area (Å²) >= 11 is 0. The van der Waals surface area contributed by atoms with Crippen molar-refractivity contribution in [1.82, 2.24) is 10.3 Å². The van der Waals surface area contributed by atoms with Gasteiger partial charge >= 0.3 is 0 Å². The number of nitriles is 1. The Hall–Kier alpha value is -2.25. The van der Waals surface area contributed by atoms with Crippen molar-refractivity contribution in [2.24, 2.45) is 0 Å². The third kappa shape index (κ3) is 3.15. The maximum Gasteiger partial charge on any atom is 0.145 e. The van der Waals surface area contributed by atoms with Crippen molar-refractivity contribution < 1.29 is 4.39 Å². The van der Waals surface area contributed by atoms with E-state index in [1.807, 2.05) is 25.1 Å². The maximum absolute atomic E-state index is 13.9. The SMILES string of the molecule is C[C@@H](NCc1cccc(C#N)c1F)c1cccnc1. The number of halogens is 1. The van der Waals surface area contributed by atoms with E-state index in [1.54, 1.807) is 24.5 Å². The van der Waals surface area contributed by atoms with E-state index in [0.29, 0.717) is 12.1 Å². The van der Waals surface area contributed by atoms with E-state index in [4.69, 9.17) is 5.26 Å². The lowest BCUT2D eigenvalue weighted by Crippen LogP contribution is -2.19. The van der Waals surface area contributed by atoms with Crippen LogP contribution >= 0.6 is 0 Å². The molecule has 0 spiro atoms. The zero-order valence-electron chi connectivity index (χ0n) is 10.6. The van der Waals surface area contributed by atoms with Gasteiger partial charge in [-0.2, -0.15) is 5.26 Å². The summed E-state index contributed by atoms with van der Waals surface area (Å²) in [5.41, 5.74) is 1.61. The van der Waals surface area contributed by atoms with Gasteiger partial charge in [0, 0.05) is 30.5 Å². The van der Waals surface area contributed by atoms with E-state index in [1.165, 1.54) is 6.07 Å². The predicted molar refractivity (Wildman–Crippen MR) is 70.6 cm³/mol. The van der Waals surface area contributed by atoms with Crippen molar-refractivity contribution >= 4 is 0 Å². The van der Waals surface area contributed by atoms with Gasteiger partial charge in [-0.15, -0.1) is 0 Å². The lowest BCUT2D eigenvalue weighted by Gasteiger charge is -2.14. The molecule has 2 aromatic rings. The molecule has 1 aromatic heterocycles. The lowest BCUT2D eigenvalue weighted by molar-refractivity contribution is 0.542. The molecule has 1 atom stereocenters.